The molecule has 2 aromatic rings. The van der Waals surface area contributed by atoms with E-state index in [2.05, 4.69) is 20.3 Å². The Morgan fingerprint density at radius 3 is 3.00 bits per heavy atom. The van der Waals surface area contributed by atoms with Crippen LogP contribution in [0.2, 0.25) is 0 Å². The molecule has 1 amide bonds. The second-order valence-electron chi connectivity index (χ2n) is 6.22. The number of nitrogens with one attached hydrogen (secondary N) is 1. The number of hydrogen-bond acceptors (Lipinski definition) is 7. The first-order valence-electron chi connectivity index (χ1n) is 7.87. The lowest BCUT2D eigenvalue weighted by atomic mass is 10.0. The van der Waals surface area contributed by atoms with Crippen LogP contribution >= 0.6 is 11.3 Å². The molecule has 0 spiro atoms. The molecule has 2 aromatic heterocycles. The molecule has 3 rings (SSSR count). The molecule has 7 nitrogen and oxygen atoms in total. The van der Waals surface area contributed by atoms with E-state index in [-0.39, 0.29) is 18.9 Å². The Kier molecular flexibility index (Phi) is 4.77. The molecule has 1 aliphatic heterocycles. The number of aliphatic hydroxyl groups is 1. The van der Waals surface area contributed by atoms with E-state index in [0.717, 1.165) is 22.2 Å². The van der Waals surface area contributed by atoms with Gasteiger partial charge >= 0.3 is 0 Å². The Morgan fingerprint density at radius 1 is 1.46 bits per heavy atom. The van der Waals surface area contributed by atoms with Gasteiger partial charge in [0.05, 0.1) is 17.1 Å². The highest BCUT2D eigenvalue weighted by atomic mass is 32.1. The van der Waals surface area contributed by atoms with Gasteiger partial charge in [0.2, 0.25) is 5.91 Å². The van der Waals surface area contributed by atoms with Gasteiger partial charge in [-0.1, -0.05) is 0 Å². The van der Waals surface area contributed by atoms with Crippen molar-refractivity contribution >= 4 is 23.1 Å². The maximum atomic E-state index is 12.0. The maximum Gasteiger partial charge on any atom is 0.226 e. The molecule has 1 aliphatic rings. The zero-order chi connectivity index (χ0) is 17.2. The first kappa shape index (κ1) is 16.8. The van der Waals surface area contributed by atoms with E-state index in [1.807, 2.05) is 30.2 Å². The van der Waals surface area contributed by atoms with Crippen LogP contribution in [0.15, 0.2) is 17.8 Å². The topological polar surface area (TPSA) is 91.2 Å². The smallest absolute Gasteiger partial charge is 0.226 e. The summed E-state index contributed by atoms with van der Waals surface area (Å²) in [7, 11) is 0. The molecule has 1 fully saturated rings. The van der Waals surface area contributed by atoms with Crippen molar-refractivity contribution in [3.8, 4) is 0 Å². The minimum Gasteiger partial charge on any atom is -0.386 e. The first-order valence-corrected chi connectivity index (χ1v) is 8.75. The predicted molar refractivity (Wildman–Crippen MR) is 92.1 cm³/mol. The molecule has 0 aromatic carbocycles. The van der Waals surface area contributed by atoms with Gasteiger partial charge in [-0.3, -0.25) is 4.79 Å². The highest BCUT2D eigenvalue weighted by Gasteiger charge is 2.37. The van der Waals surface area contributed by atoms with Crippen LogP contribution in [0.5, 0.6) is 0 Å². The van der Waals surface area contributed by atoms with E-state index in [9.17, 15) is 9.90 Å². The Labute approximate surface area is 144 Å². The molecular weight excluding hydrogens is 326 g/mol. The average Bonchev–Trinajstić information content (AvgIpc) is 3.12. The van der Waals surface area contributed by atoms with Gasteiger partial charge in [-0.15, -0.1) is 11.3 Å². The summed E-state index contributed by atoms with van der Waals surface area (Å²) in [6.07, 6.45) is 2.36. The largest absolute Gasteiger partial charge is 0.386 e. The maximum absolute atomic E-state index is 12.0. The fourth-order valence-corrected chi connectivity index (χ4v) is 3.40. The van der Waals surface area contributed by atoms with Crippen LogP contribution in [0, 0.1) is 13.8 Å². The standard InChI is InChI=1S/C16H21N5O2S/c1-11-5-14(19-10-18-11)21-4-3-16(23,9-21)8-17-15(22)6-13-7-24-12(2)20-13/h5,7,10,23H,3-4,6,8-9H2,1-2H3,(H,17,22)/t16-/m1/s1. The molecule has 0 unspecified atom stereocenters. The Morgan fingerprint density at radius 2 is 2.29 bits per heavy atom. The van der Waals surface area contributed by atoms with Crippen LogP contribution in [0.4, 0.5) is 5.82 Å². The molecule has 1 saturated heterocycles. The van der Waals surface area contributed by atoms with Crippen molar-refractivity contribution in [3.63, 3.8) is 0 Å². The summed E-state index contributed by atoms with van der Waals surface area (Å²) in [5.74, 6) is 0.688. The summed E-state index contributed by atoms with van der Waals surface area (Å²) in [4.78, 5) is 26.7. The number of nitrogens with zero attached hydrogens (tertiary/aromatic N) is 4. The lowest BCUT2D eigenvalue weighted by Gasteiger charge is -2.24. The number of aryl methyl sites for hydroxylation is 2. The van der Waals surface area contributed by atoms with Crippen molar-refractivity contribution in [2.24, 2.45) is 0 Å². The molecular formula is C16H21N5O2S. The van der Waals surface area contributed by atoms with Crippen LogP contribution in [-0.2, 0) is 11.2 Å². The average molecular weight is 347 g/mol. The second-order valence-corrected chi connectivity index (χ2v) is 7.29. The number of rotatable bonds is 5. The van der Waals surface area contributed by atoms with Crippen LogP contribution in [0.25, 0.3) is 0 Å². The molecule has 0 radical (unpaired) electrons. The third-order valence-electron chi connectivity index (χ3n) is 4.07. The number of aromatic nitrogens is 3. The quantitative estimate of drug-likeness (QED) is 0.833. The van der Waals surface area contributed by atoms with Crippen LogP contribution in [0.1, 0.15) is 22.8 Å². The van der Waals surface area contributed by atoms with Gasteiger partial charge in [0.15, 0.2) is 0 Å². The number of carbonyl (C=O) groups is 1. The van der Waals surface area contributed by atoms with Crippen molar-refractivity contribution in [3.05, 3.63) is 34.2 Å². The third kappa shape index (κ3) is 4.07. The molecule has 24 heavy (non-hydrogen) atoms. The molecule has 1 atom stereocenters. The zero-order valence-electron chi connectivity index (χ0n) is 13.8. The summed E-state index contributed by atoms with van der Waals surface area (Å²) in [6, 6.07) is 1.90. The highest BCUT2D eigenvalue weighted by Crippen LogP contribution is 2.25. The molecule has 2 N–H and O–H groups in total. The molecule has 0 saturated carbocycles. The molecule has 0 bridgehead atoms. The van der Waals surface area contributed by atoms with Gasteiger partial charge < -0.3 is 15.3 Å². The van der Waals surface area contributed by atoms with Crippen molar-refractivity contribution in [2.45, 2.75) is 32.3 Å². The number of hydrogen-bond donors (Lipinski definition) is 2. The summed E-state index contributed by atoms with van der Waals surface area (Å²) >= 11 is 1.53. The molecule has 128 valence electrons. The fourth-order valence-electron chi connectivity index (χ4n) is 2.79. The van der Waals surface area contributed by atoms with Crippen molar-refractivity contribution in [2.75, 3.05) is 24.5 Å². The van der Waals surface area contributed by atoms with E-state index in [4.69, 9.17) is 0 Å². The SMILES string of the molecule is Cc1cc(N2CC[C@@](O)(CNC(=O)Cc3csc(C)n3)C2)ncn1. The fraction of sp³-hybridized carbons (Fsp3) is 0.500. The van der Waals surface area contributed by atoms with E-state index in [0.29, 0.717) is 19.5 Å². The Balaban J connectivity index is 1.53. The monoisotopic (exact) mass is 347 g/mol. The number of amides is 1. The van der Waals surface area contributed by atoms with Gasteiger partial charge in [-0.05, 0) is 20.3 Å². The first-order chi connectivity index (χ1) is 11.4. The highest BCUT2D eigenvalue weighted by molar-refractivity contribution is 7.09. The van der Waals surface area contributed by atoms with Crippen LogP contribution in [-0.4, -0.2) is 51.2 Å². The van der Waals surface area contributed by atoms with E-state index in [1.165, 1.54) is 17.7 Å². The Hall–Kier alpha value is -2.06. The summed E-state index contributed by atoms with van der Waals surface area (Å²) < 4.78 is 0. The molecule has 0 aliphatic carbocycles. The van der Waals surface area contributed by atoms with Gasteiger partial charge in [0.1, 0.15) is 17.7 Å². The van der Waals surface area contributed by atoms with Crippen molar-refractivity contribution in [1.29, 1.82) is 0 Å². The van der Waals surface area contributed by atoms with Crippen LogP contribution < -0.4 is 10.2 Å². The lowest BCUT2D eigenvalue weighted by Crippen LogP contribution is -2.45. The normalized spacial score (nSPS) is 20.4. The number of anilines is 1. The van der Waals surface area contributed by atoms with Gasteiger partial charge in [-0.2, -0.15) is 0 Å². The minimum atomic E-state index is -0.938. The van der Waals surface area contributed by atoms with Gasteiger partial charge in [0.25, 0.3) is 0 Å². The Bertz CT molecular complexity index is 735. The number of carbonyl (C=O) groups excluding carboxylic acids is 1. The summed E-state index contributed by atoms with van der Waals surface area (Å²) in [5.41, 5.74) is 0.723. The summed E-state index contributed by atoms with van der Waals surface area (Å²) in [6.45, 7) is 5.20. The van der Waals surface area contributed by atoms with Gasteiger partial charge in [-0.25, -0.2) is 15.0 Å². The minimum absolute atomic E-state index is 0.120. The predicted octanol–water partition coefficient (Wildman–Crippen LogP) is 0.850. The summed E-state index contributed by atoms with van der Waals surface area (Å²) in [5, 5.41) is 16.4. The number of thiazole rings is 1. The van der Waals surface area contributed by atoms with E-state index >= 15 is 0 Å². The van der Waals surface area contributed by atoms with Gasteiger partial charge in [0, 0.05) is 36.8 Å². The number of β-amino-alcohol motifs (C(OH)–C–C–N with tert-alkyl or cyclic N) is 1. The van der Waals surface area contributed by atoms with Crippen LogP contribution in [0.3, 0.4) is 0 Å². The molecule has 3 heterocycles. The van der Waals surface area contributed by atoms with E-state index < -0.39 is 5.60 Å². The third-order valence-corrected chi connectivity index (χ3v) is 4.89. The van der Waals surface area contributed by atoms with E-state index in [1.54, 1.807) is 0 Å². The zero-order valence-corrected chi connectivity index (χ0v) is 14.6. The van der Waals surface area contributed by atoms with Crippen molar-refractivity contribution in [1.82, 2.24) is 20.3 Å². The molecule has 8 heteroatoms. The second kappa shape index (κ2) is 6.82. The lowest BCUT2D eigenvalue weighted by molar-refractivity contribution is -0.121. The van der Waals surface area contributed by atoms with Crippen molar-refractivity contribution < 1.29 is 9.90 Å².